The van der Waals surface area contributed by atoms with E-state index < -0.39 is 0 Å². The molecule has 0 aliphatic heterocycles. The molecule has 1 heterocycles. The van der Waals surface area contributed by atoms with Crippen LogP contribution < -0.4 is 16.2 Å². The van der Waals surface area contributed by atoms with E-state index in [0.717, 1.165) is 22.5 Å². The molecule has 0 radical (unpaired) electrons. The molecule has 2 N–H and O–H groups in total. The van der Waals surface area contributed by atoms with Gasteiger partial charge in [0.2, 0.25) is 0 Å². The summed E-state index contributed by atoms with van der Waals surface area (Å²) in [6.45, 7) is 3.92. The molecule has 1 amide bonds. The third kappa shape index (κ3) is 5.11. The van der Waals surface area contributed by atoms with Gasteiger partial charge in [0, 0.05) is 29.7 Å². The Morgan fingerprint density at radius 3 is 2.64 bits per heavy atom. The molecule has 0 aliphatic rings. The summed E-state index contributed by atoms with van der Waals surface area (Å²) < 4.78 is 1.55. The maximum atomic E-state index is 12.9. The van der Waals surface area contributed by atoms with Gasteiger partial charge >= 0.3 is 0 Å². The second kappa shape index (κ2) is 10.7. The molecular formula is C28H27N5O2S. The second-order valence-corrected chi connectivity index (χ2v) is 9.29. The summed E-state index contributed by atoms with van der Waals surface area (Å²) in [6.07, 6.45) is 2.58. The van der Waals surface area contributed by atoms with Crippen LogP contribution in [0.1, 0.15) is 40.7 Å². The van der Waals surface area contributed by atoms with Gasteiger partial charge in [-0.2, -0.15) is 5.26 Å². The smallest absolute Gasteiger partial charge is 0.261 e. The van der Waals surface area contributed by atoms with Gasteiger partial charge in [0.1, 0.15) is 0 Å². The molecule has 0 aliphatic carbocycles. The summed E-state index contributed by atoms with van der Waals surface area (Å²) in [4.78, 5) is 30.3. The average molecular weight is 498 g/mol. The molecule has 0 fully saturated rings. The number of hydrogen-bond donors (Lipinski definition) is 2. The number of benzene rings is 3. The van der Waals surface area contributed by atoms with Gasteiger partial charge in [-0.3, -0.25) is 14.2 Å². The molecule has 1 atom stereocenters. The maximum Gasteiger partial charge on any atom is 0.261 e. The zero-order chi connectivity index (χ0) is 25.8. The molecule has 1 unspecified atom stereocenters. The summed E-state index contributed by atoms with van der Waals surface area (Å²) in [6, 6.07) is 20.6. The first-order valence-corrected chi connectivity index (χ1v) is 12.8. The first-order chi connectivity index (χ1) is 17.3. The summed E-state index contributed by atoms with van der Waals surface area (Å²) in [7, 11) is 1.72. The minimum absolute atomic E-state index is 0.102. The molecule has 4 rings (SSSR count). The standard InChI is InChI=1S/C28H27N5O2S/c1-5-18(16-29)19-7-6-8-20(13-19)26(34)31-22-10-9-17(2)25(15-22)30-21-11-12-24-23(14-21)27(35)33(3)28(32-24)36-4/h6-15,18,30H,5H2,1-4H3,(H,31,34). The molecule has 0 bridgehead atoms. The molecular weight excluding hydrogens is 470 g/mol. The SMILES string of the molecule is CCC(C#N)c1cccc(C(=O)Nc2ccc(C)c(Nc3ccc4nc(SC)n(C)c(=O)c4c3)c2)c1. The zero-order valence-corrected chi connectivity index (χ0v) is 21.4. The van der Waals surface area contributed by atoms with Crippen LogP contribution in [-0.2, 0) is 7.05 Å². The van der Waals surface area contributed by atoms with Crippen LogP contribution in [0.4, 0.5) is 17.1 Å². The van der Waals surface area contributed by atoms with Crippen molar-refractivity contribution in [3.05, 3.63) is 87.7 Å². The fraction of sp³-hybridized carbons (Fsp3) is 0.214. The van der Waals surface area contributed by atoms with Crippen molar-refractivity contribution in [3.63, 3.8) is 0 Å². The van der Waals surface area contributed by atoms with E-state index in [4.69, 9.17) is 0 Å². The topological polar surface area (TPSA) is 99.8 Å². The molecule has 1 aromatic heterocycles. The van der Waals surface area contributed by atoms with Crippen LogP contribution >= 0.6 is 11.8 Å². The number of thioether (sulfide) groups is 1. The predicted octanol–water partition coefficient (Wildman–Crippen LogP) is 5.98. The number of nitrogens with one attached hydrogen (secondary N) is 2. The first-order valence-electron chi connectivity index (χ1n) is 11.6. The zero-order valence-electron chi connectivity index (χ0n) is 20.6. The Morgan fingerprint density at radius 2 is 1.92 bits per heavy atom. The van der Waals surface area contributed by atoms with Crippen molar-refractivity contribution in [2.24, 2.45) is 7.05 Å². The largest absolute Gasteiger partial charge is 0.355 e. The summed E-state index contributed by atoms with van der Waals surface area (Å²) in [5.41, 5.74) is 5.05. The Balaban J connectivity index is 1.58. The molecule has 8 heteroatoms. The van der Waals surface area contributed by atoms with Gasteiger partial charge in [0.05, 0.1) is 22.9 Å². The maximum absolute atomic E-state index is 12.9. The van der Waals surface area contributed by atoms with Crippen molar-refractivity contribution < 1.29 is 4.79 Å². The quantitative estimate of drug-likeness (QED) is 0.241. The molecule has 4 aromatic rings. The van der Waals surface area contributed by atoms with Crippen molar-refractivity contribution in [2.45, 2.75) is 31.3 Å². The van der Waals surface area contributed by atoms with Crippen LogP contribution in [0, 0.1) is 18.3 Å². The van der Waals surface area contributed by atoms with E-state index in [1.54, 1.807) is 35.9 Å². The van der Waals surface area contributed by atoms with E-state index in [0.29, 0.717) is 33.7 Å². The van der Waals surface area contributed by atoms with Gasteiger partial charge in [0.15, 0.2) is 5.16 Å². The highest BCUT2D eigenvalue weighted by molar-refractivity contribution is 7.98. The molecule has 3 aromatic carbocycles. The van der Waals surface area contributed by atoms with Crippen molar-refractivity contribution in [1.82, 2.24) is 9.55 Å². The minimum atomic E-state index is -0.246. The Bertz CT molecular complexity index is 1550. The number of hydrogen-bond acceptors (Lipinski definition) is 6. The van der Waals surface area contributed by atoms with Gasteiger partial charge in [-0.15, -0.1) is 0 Å². The predicted molar refractivity (Wildman–Crippen MR) is 146 cm³/mol. The van der Waals surface area contributed by atoms with Gasteiger partial charge in [0.25, 0.3) is 11.5 Å². The van der Waals surface area contributed by atoms with E-state index in [1.165, 1.54) is 11.8 Å². The Hall–Kier alpha value is -4.09. The Kier molecular flexibility index (Phi) is 7.41. The summed E-state index contributed by atoms with van der Waals surface area (Å²) >= 11 is 1.43. The van der Waals surface area contributed by atoms with Crippen LogP contribution in [0.15, 0.2) is 70.6 Å². The Labute approximate surface area is 214 Å². The van der Waals surface area contributed by atoms with Crippen molar-refractivity contribution in [2.75, 3.05) is 16.9 Å². The molecule has 0 spiro atoms. The van der Waals surface area contributed by atoms with E-state index in [-0.39, 0.29) is 17.4 Å². The first kappa shape index (κ1) is 25.0. The molecule has 0 saturated heterocycles. The third-order valence-corrected chi connectivity index (χ3v) is 6.84. The number of nitriles is 1. The lowest BCUT2D eigenvalue weighted by Gasteiger charge is -2.14. The van der Waals surface area contributed by atoms with Crippen molar-refractivity contribution >= 4 is 45.6 Å². The van der Waals surface area contributed by atoms with E-state index in [1.807, 2.05) is 56.5 Å². The lowest BCUT2D eigenvalue weighted by atomic mass is 9.96. The van der Waals surface area contributed by atoms with Crippen LogP contribution in [0.25, 0.3) is 10.9 Å². The molecule has 182 valence electrons. The summed E-state index contributed by atoms with van der Waals surface area (Å²) in [5, 5.41) is 16.9. The average Bonchev–Trinajstić information content (AvgIpc) is 2.89. The lowest BCUT2D eigenvalue weighted by molar-refractivity contribution is 0.102. The van der Waals surface area contributed by atoms with E-state index in [9.17, 15) is 14.9 Å². The van der Waals surface area contributed by atoms with Crippen LogP contribution in [0.2, 0.25) is 0 Å². The number of nitrogens with zero attached hydrogens (tertiary/aromatic N) is 3. The second-order valence-electron chi connectivity index (χ2n) is 8.52. The number of anilines is 3. The van der Waals surface area contributed by atoms with Crippen LogP contribution in [0.3, 0.4) is 0 Å². The number of aryl methyl sites for hydroxylation is 1. The number of aromatic nitrogens is 2. The summed E-state index contributed by atoms with van der Waals surface area (Å²) in [5.74, 6) is -0.487. The van der Waals surface area contributed by atoms with Crippen LogP contribution in [0.5, 0.6) is 0 Å². The van der Waals surface area contributed by atoms with Gasteiger partial charge in [-0.05, 0) is 73.2 Å². The highest BCUT2D eigenvalue weighted by Crippen LogP contribution is 2.27. The third-order valence-electron chi connectivity index (χ3n) is 6.11. The van der Waals surface area contributed by atoms with Gasteiger partial charge < -0.3 is 10.6 Å². The van der Waals surface area contributed by atoms with Crippen LogP contribution in [-0.4, -0.2) is 21.7 Å². The molecule has 7 nitrogen and oxygen atoms in total. The van der Waals surface area contributed by atoms with E-state index >= 15 is 0 Å². The van der Waals surface area contributed by atoms with E-state index in [2.05, 4.69) is 21.7 Å². The monoisotopic (exact) mass is 497 g/mol. The number of amides is 1. The lowest BCUT2D eigenvalue weighted by Crippen LogP contribution is -2.19. The van der Waals surface area contributed by atoms with Crippen molar-refractivity contribution in [1.29, 1.82) is 5.26 Å². The highest BCUT2D eigenvalue weighted by atomic mass is 32.2. The fourth-order valence-corrected chi connectivity index (χ4v) is 4.55. The normalized spacial score (nSPS) is 11.6. The number of carbonyl (C=O) groups excluding carboxylic acids is 1. The fourth-order valence-electron chi connectivity index (χ4n) is 4.00. The minimum Gasteiger partial charge on any atom is -0.355 e. The number of carbonyl (C=O) groups is 1. The Morgan fingerprint density at radius 1 is 1.14 bits per heavy atom. The number of rotatable bonds is 7. The highest BCUT2D eigenvalue weighted by Gasteiger charge is 2.13. The van der Waals surface area contributed by atoms with Crippen molar-refractivity contribution in [3.8, 4) is 6.07 Å². The molecule has 0 saturated carbocycles. The molecule has 36 heavy (non-hydrogen) atoms. The van der Waals surface area contributed by atoms with Gasteiger partial charge in [-0.1, -0.05) is 36.9 Å². The number of fused-ring (bicyclic) bond motifs is 1. The van der Waals surface area contributed by atoms with Gasteiger partial charge in [-0.25, -0.2) is 4.98 Å².